The smallest absolute Gasteiger partial charge is 0.261 e. The number of carbonyl (C=O) groups excluding carboxylic acids is 2. The summed E-state index contributed by atoms with van der Waals surface area (Å²) < 4.78 is 0. The molecule has 23 heavy (non-hydrogen) atoms. The average molecular weight is 369 g/mol. The molecular formula is C14H13ClN4O2S2. The van der Waals surface area contributed by atoms with Gasteiger partial charge in [-0.2, -0.15) is 0 Å². The largest absolute Gasteiger partial charge is 0.342 e. The monoisotopic (exact) mass is 368 g/mol. The molecule has 0 unspecified atom stereocenters. The number of hydrogen-bond donors (Lipinski definition) is 4. The van der Waals surface area contributed by atoms with Crippen molar-refractivity contribution in [1.29, 1.82) is 0 Å². The van der Waals surface area contributed by atoms with Crippen LogP contribution in [-0.4, -0.2) is 23.5 Å². The first-order valence-corrected chi connectivity index (χ1v) is 8.14. The molecule has 0 saturated heterocycles. The number of thiocarbonyl (C=S) groups is 1. The third-order valence-corrected chi connectivity index (χ3v) is 3.90. The zero-order chi connectivity index (χ0) is 16.7. The molecule has 0 aliphatic rings. The molecule has 2 amide bonds. The van der Waals surface area contributed by atoms with Gasteiger partial charge in [0.2, 0.25) is 0 Å². The molecule has 6 nitrogen and oxygen atoms in total. The quantitative estimate of drug-likeness (QED) is 0.491. The predicted octanol–water partition coefficient (Wildman–Crippen LogP) is 2.15. The van der Waals surface area contributed by atoms with Gasteiger partial charge in [0.25, 0.3) is 11.8 Å². The van der Waals surface area contributed by atoms with Crippen molar-refractivity contribution in [3.8, 4) is 0 Å². The second-order valence-corrected chi connectivity index (χ2v) is 6.09. The highest BCUT2D eigenvalue weighted by atomic mass is 35.5. The maximum atomic E-state index is 11.7. The second-order valence-electron chi connectivity index (χ2n) is 4.29. The fourth-order valence-electron chi connectivity index (χ4n) is 1.52. The van der Waals surface area contributed by atoms with E-state index < -0.39 is 5.91 Å². The molecule has 0 bridgehead atoms. The predicted molar refractivity (Wildman–Crippen MR) is 95.6 cm³/mol. The van der Waals surface area contributed by atoms with Gasteiger partial charge in [0, 0.05) is 10.7 Å². The van der Waals surface area contributed by atoms with E-state index in [0.717, 1.165) is 5.69 Å². The molecule has 0 aliphatic heterocycles. The van der Waals surface area contributed by atoms with Gasteiger partial charge >= 0.3 is 0 Å². The maximum Gasteiger partial charge on any atom is 0.261 e. The lowest BCUT2D eigenvalue weighted by molar-refractivity contribution is -0.120. The minimum absolute atomic E-state index is 0.159. The van der Waals surface area contributed by atoms with E-state index in [1.54, 1.807) is 41.8 Å². The Bertz CT molecular complexity index is 689. The summed E-state index contributed by atoms with van der Waals surface area (Å²) in [7, 11) is 0. The van der Waals surface area contributed by atoms with E-state index in [1.807, 2.05) is 0 Å². The van der Waals surface area contributed by atoms with Crippen molar-refractivity contribution in [2.75, 3.05) is 11.9 Å². The molecular weight excluding hydrogens is 356 g/mol. The van der Waals surface area contributed by atoms with E-state index in [9.17, 15) is 9.59 Å². The summed E-state index contributed by atoms with van der Waals surface area (Å²) >= 11 is 12.1. The van der Waals surface area contributed by atoms with E-state index >= 15 is 0 Å². The second kappa shape index (κ2) is 8.47. The standard InChI is InChI=1S/C14H13ClN4O2S2/c15-9-3-5-10(6-4-9)17-14(22)19-18-12(20)8-16-13(21)11-2-1-7-23-11/h1-7H,8H2,(H,16,21)(H,18,20)(H2,17,19,22). The van der Waals surface area contributed by atoms with Crippen LogP contribution >= 0.6 is 35.2 Å². The fourth-order valence-corrected chi connectivity index (χ4v) is 2.46. The molecule has 0 fully saturated rings. The molecule has 0 saturated carbocycles. The molecule has 120 valence electrons. The van der Waals surface area contributed by atoms with Gasteiger partial charge in [0.15, 0.2) is 5.11 Å². The van der Waals surface area contributed by atoms with E-state index in [2.05, 4.69) is 21.5 Å². The number of carbonyl (C=O) groups is 2. The van der Waals surface area contributed by atoms with Crippen LogP contribution in [-0.2, 0) is 4.79 Å². The topological polar surface area (TPSA) is 82.3 Å². The number of thiophene rings is 1. The SMILES string of the molecule is O=C(CNC(=O)c1cccs1)NNC(=S)Nc1ccc(Cl)cc1. The normalized spacial score (nSPS) is 9.78. The van der Waals surface area contributed by atoms with E-state index in [-0.39, 0.29) is 17.6 Å². The summed E-state index contributed by atoms with van der Waals surface area (Å²) in [6.07, 6.45) is 0. The first kappa shape index (κ1) is 17.2. The number of nitrogens with one attached hydrogen (secondary N) is 4. The fraction of sp³-hybridized carbons (Fsp3) is 0.0714. The molecule has 4 N–H and O–H groups in total. The Morgan fingerprint density at radius 3 is 2.52 bits per heavy atom. The van der Waals surface area contributed by atoms with Crippen molar-refractivity contribution in [3.05, 3.63) is 51.7 Å². The lowest BCUT2D eigenvalue weighted by Crippen LogP contribution is -2.47. The highest BCUT2D eigenvalue weighted by Gasteiger charge is 2.08. The van der Waals surface area contributed by atoms with Gasteiger partial charge in [0.1, 0.15) is 0 Å². The third-order valence-electron chi connectivity index (χ3n) is 2.57. The Morgan fingerprint density at radius 2 is 1.87 bits per heavy atom. The summed E-state index contributed by atoms with van der Waals surface area (Å²) in [6.45, 7) is -0.159. The highest BCUT2D eigenvalue weighted by Crippen LogP contribution is 2.13. The lowest BCUT2D eigenvalue weighted by Gasteiger charge is -2.11. The van der Waals surface area contributed by atoms with Crippen LogP contribution in [0, 0.1) is 0 Å². The van der Waals surface area contributed by atoms with Crippen molar-refractivity contribution in [3.63, 3.8) is 0 Å². The average Bonchev–Trinajstić information content (AvgIpc) is 3.07. The first-order valence-electron chi connectivity index (χ1n) is 6.47. The van der Waals surface area contributed by atoms with Crippen molar-refractivity contribution in [1.82, 2.24) is 16.2 Å². The summed E-state index contributed by atoms with van der Waals surface area (Å²) in [5, 5.41) is 8.00. The molecule has 0 spiro atoms. The minimum Gasteiger partial charge on any atom is -0.342 e. The van der Waals surface area contributed by atoms with Gasteiger partial charge in [-0.15, -0.1) is 11.3 Å². The van der Waals surface area contributed by atoms with E-state index in [0.29, 0.717) is 9.90 Å². The van der Waals surface area contributed by atoms with Crippen molar-refractivity contribution < 1.29 is 9.59 Å². The van der Waals surface area contributed by atoms with Crippen LogP contribution in [0.25, 0.3) is 0 Å². The Kier molecular flexibility index (Phi) is 6.33. The van der Waals surface area contributed by atoms with Crippen LogP contribution in [0.1, 0.15) is 9.67 Å². The Balaban J connectivity index is 1.68. The van der Waals surface area contributed by atoms with Crippen LogP contribution < -0.4 is 21.5 Å². The molecule has 0 aliphatic carbocycles. The molecule has 1 heterocycles. The molecule has 1 aromatic heterocycles. The van der Waals surface area contributed by atoms with Gasteiger partial charge in [-0.1, -0.05) is 17.7 Å². The van der Waals surface area contributed by atoms with Crippen molar-refractivity contribution in [2.45, 2.75) is 0 Å². The van der Waals surface area contributed by atoms with Crippen molar-refractivity contribution >= 4 is 57.8 Å². The summed E-state index contributed by atoms with van der Waals surface area (Å²) in [6, 6.07) is 10.4. The molecule has 9 heteroatoms. The number of halogens is 1. The third kappa shape index (κ3) is 5.85. The van der Waals surface area contributed by atoms with Crippen LogP contribution in [0.2, 0.25) is 5.02 Å². The Morgan fingerprint density at radius 1 is 1.13 bits per heavy atom. The van der Waals surface area contributed by atoms with Crippen LogP contribution in [0.5, 0.6) is 0 Å². The van der Waals surface area contributed by atoms with Gasteiger partial charge in [0.05, 0.1) is 11.4 Å². The lowest BCUT2D eigenvalue weighted by atomic mass is 10.3. The zero-order valence-corrected chi connectivity index (χ0v) is 14.1. The molecule has 2 aromatic rings. The van der Waals surface area contributed by atoms with Gasteiger partial charge in [-0.05, 0) is 47.9 Å². The van der Waals surface area contributed by atoms with Crippen LogP contribution in [0.15, 0.2) is 41.8 Å². The van der Waals surface area contributed by atoms with Gasteiger partial charge < -0.3 is 10.6 Å². The first-order chi connectivity index (χ1) is 11.0. The van der Waals surface area contributed by atoms with E-state index in [1.165, 1.54) is 11.3 Å². The van der Waals surface area contributed by atoms with Gasteiger partial charge in [-0.25, -0.2) is 0 Å². The molecule has 2 rings (SSSR count). The maximum absolute atomic E-state index is 11.7. The number of amides is 2. The number of anilines is 1. The summed E-state index contributed by atoms with van der Waals surface area (Å²) in [4.78, 5) is 23.8. The minimum atomic E-state index is -0.421. The van der Waals surface area contributed by atoms with Crippen LogP contribution in [0.4, 0.5) is 5.69 Å². The summed E-state index contributed by atoms with van der Waals surface area (Å²) in [5.41, 5.74) is 5.66. The Hall–Kier alpha value is -2.16. The number of hydrazine groups is 1. The zero-order valence-electron chi connectivity index (χ0n) is 11.8. The number of rotatable bonds is 4. The number of benzene rings is 1. The Labute approximate surface area is 147 Å². The number of hydrogen-bond acceptors (Lipinski definition) is 4. The molecule has 0 radical (unpaired) electrons. The highest BCUT2D eigenvalue weighted by molar-refractivity contribution is 7.80. The molecule has 1 aromatic carbocycles. The van der Waals surface area contributed by atoms with E-state index in [4.69, 9.17) is 23.8 Å². The summed E-state index contributed by atoms with van der Waals surface area (Å²) in [5.74, 6) is -0.716. The van der Waals surface area contributed by atoms with Crippen LogP contribution in [0.3, 0.4) is 0 Å². The molecule has 0 atom stereocenters. The van der Waals surface area contributed by atoms with Gasteiger partial charge in [-0.3, -0.25) is 20.4 Å². The van der Waals surface area contributed by atoms with Crippen molar-refractivity contribution in [2.24, 2.45) is 0 Å².